The number of hydrogen-bond acceptors (Lipinski definition) is 8. The Kier molecular flexibility index (Phi) is 4.47. The predicted molar refractivity (Wildman–Crippen MR) is 109 cm³/mol. The van der Waals surface area contributed by atoms with E-state index >= 15 is 0 Å². The van der Waals surface area contributed by atoms with Crippen LogP contribution in [-0.2, 0) is 6.61 Å². The SMILES string of the molecule is COc1cnc2c(OCc3nnc4c(F)cc(-c5cc(C)ns5)cn34)ccnc2c1. The summed E-state index contributed by atoms with van der Waals surface area (Å²) in [5.41, 5.74) is 2.97. The summed E-state index contributed by atoms with van der Waals surface area (Å²) in [5, 5.41) is 8.06. The van der Waals surface area contributed by atoms with Crippen LogP contribution in [0.25, 0.3) is 27.1 Å². The van der Waals surface area contributed by atoms with E-state index in [1.807, 2.05) is 13.0 Å². The molecule has 0 N–H and O–H groups in total. The van der Waals surface area contributed by atoms with Crippen LogP contribution < -0.4 is 9.47 Å². The van der Waals surface area contributed by atoms with Crippen molar-refractivity contribution in [1.82, 2.24) is 28.9 Å². The number of methoxy groups -OCH3 is 1. The van der Waals surface area contributed by atoms with E-state index < -0.39 is 5.82 Å². The lowest BCUT2D eigenvalue weighted by Crippen LogP contribution is -2.03. The molecule has 0 radical (unpaired) electrons. The third-order valence-corrected chi connectivity index (χ3v) is 5.48. The van der Waals surface area contributed by atoms with Crippen molar-refractivity contribution in [2.24, 2.45) is 0 Å². The highest BCUT2D eigenvalue weighted by Crippen LogP contribution is 2.28. The first-order chi connectivity index (χ1) is 14.6. The van der Waals surface area contributed by atoms with Gasteiger partial charge in [-0.15, -0.1) is 10.2 Å². The predicted octanol–water partition coefficient (Wildman–Crippen LogP) is 3.83. The van der Waals surface area contributed by atoms with Gasteiger partial charge < -0.3 is 9.47 Å². The van der Waals surface area contributed by atoms with Crippen molar-refractivity contribution in [3.63, 3.8) is 0 Å². The van der Waals surface area contributed by atoms with E-state index in [4.69, 9.17) is 9.47 Å². The first kappa shape index (κ1) is 18.4. The number of ether oxygens (including phenoxy) is 2. The molecule has 0 fully saturated rings. The second kappa shape index (κ2) is 7.30. The summed E-state index contributed by atoms with van der Waals surface area (Å²) < 4.78 is 31.6. The van der Waals surface area contributed by atoms with Crippen molar-refractivity contribution >= 4 is 28.2 Å². The number of rotatable bonds is 5. The molecule has 8 nitrogen and oxygen atoms in total. The Morgan fingerprint density at radius 3 is 2.87 bits per heavy atom. The van der Waals surface area contributed by atoms with Crippen molar-refractivity contribution in [2.45, 2.75) is 13.5 Å². The fourth-order valence-electron chi connectivity index (χ4n) is 3.09. The zero-order valence-corrected chi connectivity index (χ0v) is 16.9. The standard InChI is InChI=1S/C20H15FN6O2S/c1-11-5-17(30-26-11)12-6-14(21)20-25-24-18(27(20)9-12)10-29-16-3-4-22-15-7-13(28-2)8-23-19(15)16/h3-9H,10H2,1-2H3. The van der Waals surface area contributed by atoms with E-state index in [1.54, 1.807) is 42.2 Å². The van der Waals surface area contributed by atoms with E-state index in [0.717, 1.165) is 10.6 Å². The zero-order chi connectivity index (χ0) is 20.7. The van der Waals surface area contributed by atoms with E-state index in [-0.39, 0.29) is 12.3 Å². The number of nitrogens with zero attached hydrogens (tertiary/aromatic N) is 6. The van der Waals surface area contributed by atoms with Crippen molar-refractivity contribution in [2.75, 3.05) is 7.11 Å². The van der Waals surface area contributed by atoms with Crippen LogP contribution in [0.4, 0.5) is 4.39 Å². The summed E-state index contributed by atoms with van der Waals surface area (Å²) in [5.74, 6) is 1.15. The van der Waals surface area contributed by atoms with Crippen molar-refractivity contribution in [3.05, 3.63) is 60.2 Å². The Labute approximate surface area is 174 Å². The minimum Gasteiger partial charge on any atom is -0.495 e. The molecular weight excluding hydrogens is 407 g/mol. The molecule has 0 unspecified atom stereocenters. The molecule has 0 saturated carbocycles. The van der Waals surface area contributed by atoms with Gasteiger partial charge in [-0.05, 0) is 30.6 Å². The van der Waals surface area contributed by atoms with Crippen molar-refractivity contribution < 1.29 is 13.9 Å². The first-order valence-electron chi connectivity index (χ1n) is 9.01. The van der Waals surface area contributed by atoms with Crippen molar-refractivity contribution in [3.8, 4) is 21.9 Å². The summed E-state index contributed by atoms with van der Waals surface area (Å²) in [7, 11) is 1.57. The number of hydrogen-bond donors (Lipinski definition) is 0. The van der Waals surface area contributed by atoms with Gasteiger partial charge in [-0.25, -0.2) is 9.37 Å². The van der Waals surface area contributed by atoms with Crippen LogP contribution in [0, 0.1) is 12.7 Å². The molecular formula is C20H15FN6O2S. The highest BCUT2D eigenvalue weighted by atomic mass is 32.1. The smallest absolute Gasteiger partial charge is 0.197 e. The Morgan fingerprint density at radius 2 is 2.07 bits per heavy atom. The molecule has 10 heteroatoms. The average Bonchev–Trinajstić information content (AvgIpc) is 3.38. The van der Waals surface area contributed by atoms with Crippen molar-refractivity contribution in [1.29, 1.82) is 0 Å². The molecule has 5 rings (SSSR count). The van der Waals surface area contributed by atoms with Crippen LogP contribution in [0.5, 0.6) is 11.5 Å². The quantitative estimate of drug-likeness (QED) is 0.425. The third kappa shape index (κ3) is 3.20. The number of pyridine rings is 3. The maximum atomic E-state index is 14.6. The topological polar surface area (TPSA) is 87.3 Å². The molecule has 0 aliphatic rings. The molecule has 0 atom stereocenters. The lowest BCUT2D eigenvalue weighted by Gasteiger charge is -2.09. The number of fused-ring (bicyclic) bond motifs is 2. The molecule has 5 aromatic heterocycles. The summed E-state index contributed by atoms with van der Waals surface area (Å²) in [6, 6.07) is 6.85. The zero-order valence-electron chi connectivity index (χ0n) is 16.0. The summed E-state index contributed by atoms with van der Waals surface area (Å²) in [6.07, 6.45) is 5.02. The Hall–Kier alpha value is -3.66. The highest BCUT2D eigenvalue weighted by molar-refractivity contribution is 7.09. The van der Waals surface area contributed by atoms with Gasteiger partial charge in [0.1, 0.15) is 23.6 Å². The lowest BCUT2D eigenvalue weighted by molar-refractivity contribution is 0.297. The molecule has 0 amide bonds. The van der Waals surface area contributed by atoms with Crippen LogP contribution in [0.15, 0.2) is 42.9 Å². The van der Waals surface area contributed by atoms with Gasteiger partial charge >= 0.3 is 0 Å². The molecule has 5 aromatic rings. The largest absolute Gasteiger partial charge is 0.495 e. The monoisotopic (exact) mass is 422 g/mol. The molecule has 150 valence electrons. The van der Waals surface area contributed by atoms with Gasteiger partial charge in [-0.1, -0.05) is 0 Å². The Balaban J connectivity index is 1.49. The van der Waals surface area contributed by atoms with Gasteiger partial charge in [0, 0.05) is 30.1 Å². The van der Waals surface area contributed by atoms with Crippen LogP contribution in [0.1, 0.15) is 11.5 Å². The van der Waals surface area contributed by atoms with Gasteiger partial charge in [-0.2, -0.15) is 4.37 Å². The van der Waals surface area contributed by atoms with Gasteiger partial charge in [0.05, 0.1) is 29.4 Å². The fraction of sp³-hybridized carbons (Fsp3) is 0.150. The molecule has 0 spiro atoms. The van der Waals surface area contributed by atoms with E-state index in [9.17, 15) is 4.39 Å². The van der Waals surface area contributed by atoms with E-state index in [1.165, 1.54) is 17.6 Å². The molecule has 0 aromatic carbocycles. The second-order valence-electron chi connectivity index (χ2n) is 6.56. The third-order valence-electron chi connectivity index (χ3n) is 4.55. The van der Waals surface area contributed by atoms with Gasteiger partial charge in [0.25, 0.3) is 0 Å². The van der Waals surface area contributed by atoms with Crippen LogP contribution in [-0.4, -0.2) is 36.0 Å². The number of aromatic nitrogens is 6. The summed E-state index contributed by atoms with van der Waals surface area (Å²) in [4.78, 5) is 9.53. The van der Waals surface area contributed by atoms with E-state index in [2.05, 4.69) is 24.5 Å². The minimum absolute atomic E-state index is 0.0819. The summed E-state index contributed by atoms with van der Waals surface area (Å²) in [6.45, 7) is 1.98. The Bertz CT molecular complexity index is 1380. The molecule has 30 heavy (non-hydrogen) atoms. The molecule has 0 aliphatic heterocycles. The molecule has 5 heterocycles. The average molecular weight is 422 g/mol. The van der Waals surface area contributed by atoms with Crippen LogP contribution in [0.2, 0.25) is 0 Å². The summed E-state index contributed by atoms with van der Waals surface area (Å²) >= 11 is 1.32. The van der Waals surface area contributed by atoms with Crippen LogP contribution >= 0.6 is 11.5 Å². The van der Waals surface area contributed by atoms with Crippen LogP contribution in [0.3, 0.4) is 0 Å². The number of aryl methyl sites for hydroxylation is 1. The highest BCUT2D eigenvalue weighted by Gasteiger charge is 2.15. The first-order valence-corrected chi connectivity index (χ1v) is 9.78. The van der Waals surface area contributed by atoms with Gasteiger partial charge in [0.15, 0.2) is 17.3 Å². The van der Waals surface area contributed by atoms with E-state index in [0.29, 0.717) is 33.9 Å². The fourth-order valence-corrected chi connectivity index (χ4v) is 3.83. The lowest BCUT2D eigenvalue weighted by atomic mass is 10.2. The Morgan fingerprint density at radius 1 is 1.17 bits per heavy atom. The number of halogens is 1. The maximum absolute atomic E-state index is 14.6. The molecule has 0 saturated heterocycles. The molecule has 0 aliphatic carbocycles. The van der Waals surface area contributed by atoms with Gasteiger partial charge in [-0.3, -0.25) is 9.38 Å². The molecule has 0 bridgehead atoms. The maximum Gasteiger partial charge on any atom is 0.197 e. The van der Waals surface area contributed by atoms with Gasteiger partial charge in [0.2, 0.25) is 0 Å². The minimum atomic E-state index is -0.458. The normalized spacial score (nSPS) is 11.3. The second-order valence-corrected chi connectivity index (χ2v) is 7.36.